The van der Waals surface area contributed by atoms with E-state index in [9.17, 15) is 4.79 Å². The summed E-state index contributed by atoms with van der Waals surface area (Å²) >= 11 is 1.55. The first kappa shape index (κ1) is 10.2. The predicted molar refractivity (Wildman–Crippen MR) is 51.3 cm³/mol. The molecular formula is C9H12O3S. The standard InChI is InChI=1S/C9H12O3S/c1-3-6(2)13-8-4-7(5-12-8)9(10)11/h4-6H,3H2,1-2H3,(H,10,11). The molecule has 0 amide bonds. The summed E-state index contributed by atoms with van der Waals surface area (Å²) in [6.07, 6.45) is 2.31. The van der Waals surface area contributed by atoms with Gasteiger partial charge in [-0.1, -0.05) is 25.6 Å². The van der Waals surface area contributed by atoms with Crippen LogP contribution in [-0.4, -0.2) is 16.3 Å². The molecule has 0 saturated carbocycles. The Balaban J connectivity index is 2.64. The van der Waals surface area contributed by atoms with E-state index in [1.165, 1.54) is 6.26 Å². The summed E-state index contributed by atoms with van der Waals surface area (Å²) in [5, 5.41) is 9.74. The smallest absolute Gasteiger partial charge is 0.339 e. The number of rotatable bonds is 4. The fourth-order valence-corrected chi connectivity index (χ4v) is 1.63. The van der Waals surface area contributed by atoms with Gasteiger partial charge in [-0.25, -0.2) is 4.79 Å². The van der Waals surface area contributed by atoms with Crippen LogP contribution in [0.25, 0.3) is 0 Å². The van der Waals surface area contributed by atoms with Gasteiger partial charge in [-0.05, 0) is 6.42 Å². The van der Waals surface area contributed by atoms with Crippen LogP contribution >= 0.6 is 11.8 Å². The Morgan fingerprint density at radius 1 is 1.77 bits per heavy atom. The number of carboxylic acid groups (broad SMARTS) is 1. The molecule has 1 heterocycles. The summed E-state index contributed by atoms with van der Waals surface area (Å²) in [5.41, 5.74) is 0.214. The van der Waals surface area contributed by atoms with Crippen LogP contribution in [0.1, 0.15) is 30.6 Å². The van der Waals surface area contributed by atoms with Crippen molar-refractivity contribution in [1.29, 1.82) is 0 Å². The van der Waals surface area contributed by atoms with Crippen molar-refractivity contribution in [2.75, 3.05) is 0 Å². The largest absolute Gasteiger partial charge is 0.478 e. The van der Waals surface area contributed by atoms with E-state index in [1.807, 2.05) is 0 Å². The van der Waals surface area contributed by atoms with Gasteiger partial charge in [-0.2, -0.15) is 0 Å². The van der Waals surface area contributed by atoms with Crippen molar-refractivity contribution in [3.63, 3.8) is 0 Å². The zero-order chi connectivity index (χ0) is 9.84. The molecule has 0 fully saturated rings. The Bertz CT molecular complexity index is 293. The highest BCUT2D eigenvalue weighted by Crippen LogP contribution is 2.26. The lowest BCUT2D eigenvalue weighted by Gasteiger charge is -2.03. The van der Waals surface area contributed by atoms with Crippen molar-refractivity contribution in [1.82, 2.24) is 0 Å². The third-order valence-corrected chi connectivity index (χ3v) is 2.90. The molecule has 72 valence electrons. The van der Waals surface area contributed by atoms with E-state index in [0.29, 0.717) is 10.3 Å². The first-order chi connectivity index (χ1) is 6.13. The minimum atomic E-state index is -0.945. The maximum atomic E-state index is 10.5. The molecule has 0 spiro atoms. The van der Waals surface area contributed by atoms with Crippen molar-refractivity contribution < 1.29 is 14.3 Å². The zero-order valence-corrected chi connectivity index (χ0v) is 8.43. The lowest BCUT2D eigenvalue weighted by atomic mass is 10.4. The fourth-order valence-electron chi connectivity index (χ4n) is 0.772. The molecule has 0 aliphatic carbocycles. The fraction of sp³-hybridized carbons (Fsp3) is 0.444. The summed E-state index contributed by atoms with van der Waals surface area (Å²) in [4.78, 5) is 10.5. The van der Waals surface area contributed by atoms with Crippen LogP contribution in [-0.2, 0) is 0 Å². The second-order valence-corrected chi connectivity index (χ2v) is 4.24. The van der Waals surface area contributed by atoms with Crippen LogP contribution in [0.5, 0.6) is 0 Å². The van der Waals surface area contributed by atoms with Gasteiger partial charge in [0.1, 0.15) is 6.26 Å². The van der Waals surface area contributed by atoms with Gasteiger partial charge in [0.2, 0.25) is 0 Å². The molecule has 0 radical (unpaired) electrons. The van der Waals surface area contributed by atoms with Crippen LogP contribution in [0.4, 0.5) is 0 Å². The molecule has 1 aromatic heterocycles. The van der Waals surface area contributed by atoms with E-state index in [2.05, 4.69) is 13.8 Å². The van der Waals surface area contributed by atoms with Gasteiger partial charge in [-0.3, -0.25) is 0 Å². The van der Waals surface area contributed by atoms with Crippen LogP contribution in [0.2, 0.25) is 0 Å². The molecule has 0 aromatic carbocycles. The lowest BCUT2D eigenvalue weighted by Crippen LogP contribution is -1.92. The van der Waals surface area contributed by atoms with Gasteiger partial charge in [0.25, 0.3) is 0 Å². The molecule has 1 aromatic rings. The number of carbonyl (C=O) groups is 1. The van der Waals surface area contributed by atoms with Gasteiger partial charge in [0.05, 0.1) is 5.56 Å². The van der Waals surface area contributed by atoms with E-state index >= 15 is 0 Å². The molecule has 0 saturated heterocycles. The minimum Gasteiger partial charge on any atom is -0.478 e. The second-order valence-electron chi connectivity index (χ2n) is 2.80. The van der Waals surface area contributed by atoms with E-state index in [0.717, 1.165) is 6.42 Å². The summed E-state index contributed by atoms with van der Waals surface area (Å²) in [7, 11) is 0. The number of carboxylic acids is 1. The SMILES string of the molecule is CCC(C)Sc1cc(C(=O)O)co1. The highest BCUT2D eigenvalue weighted by atomic mass is 32.2. The van der Waals surface area contributed by atoms with Gasteiger partial charge in [0, 0.05) is 11.3 Å². The normalized spacial score (nSPS) is 12.8. The molecule has 3 nitrogen and oxygen atoms in total. The van der Waals surface area contributed by atoms with Crippen LogP contribution in [0, 0.1) is 0 Å². The van der Waals surface area contributed by atoms with Gasteiger partial charge >= 0.3 is 5.97 Å². The summed E-state index contributed by atoms with van der Waals surface area (Å²) in [5.74, 6) is -0.945. The molecule has 1 N–H and O–H groups in total. The third kappa shape index (κ3) is 2.81. The van der Waals surface area contributed by atoms with Crippen molar-refractivity contribution in [3.05, 3.63) is 17.9 Å². The molecule has 1 unspecified atom stereocenters. The molecule has 1 rings (SSSR count). The van der Waals surface area contributed by atoms with Gasteiger partial charge < -0.3 is 9.52 Å². The van der Waals surface area contributed by atoms with Gasteiger partial charge in [-0.15, -0.1) is 0 Å². The first-order valence-corrected chi connectivity index (χ1v) is 5.00. The van der Waals surface area contributed by atoms with E-state index in [4.69, 9.17) is 9.52 Å². The zero-order valence-electron chi connectivity index (χ0n) is 7.61. The number of thioether (sulfide) groups is 1. The summed E-state index contributed by atoms with van der Waals surface area (Å²) in [6, 6.07) is 1.55. The van der Waals surface area contributed by atoms with Crippen LogP contribution in [0.15, 0.2) is 21.8 Å². The molecule has 4 heteroatoms. The average molecular weight is 200 g/mol. The highest BCUT2D eigenvalue weighted by molar-refractivity contribution is 7.99. The number of furan rings is 1. The van der Waals surface area contributed by atoms with Crippen LogP contribution in [0.3, 0.4) is 0 Å². The van der Waals surface area contributed by atoms with E-state index in [-0.39, 0.29) is 5.56 Å². The first-order valence-electron chi connectivity index (χ1n) is 4.12. The van der Waals surface area contributed by atoms with Gasteiger partial charge in [0.15, 0.2) is 5.09 Å². The van der Waals surface area contributed by atoms with Crippen molar-refractivity contribution in [2.45, 2.75) is 30.6 Å². The molecular weight excluding hydrogens is 188 g/mol. The Labute approximate surface area is 81.1 Å². The quantitative estimate of drug-likeness (QED) is 0.759. The summed E-state index contributed by atoms with van der Waals surface area (Å²) in [6.45, 7) is 4.16. The Kier molecular flexibility index (Phi) is 3.42. The monoisotopic (exact) mass is 200 g/mol. The van der Waals surface area contributed by atoms with Crippen molar-refractivity contribution in [2.24, 2.45) is 0 Å². The predicted octanol–water partition coefficient (Wildman–Crippen LogP) is 2.87. The molecule has 1 atom stereocenters. The number of hydrogen-bond donors (Lipinski definition) is 1. The maximum Gasteiger partial charge on any atom is 0.339 e. The minimum absolute atomic E-state index is 0.214. The highest BCUT2D eigenvalue weighted by Gasteiger charge is 2.10. The van der Waals surface area contributed by atoms with Crippen LogP contribution < -0.4 is 0 Å². The molecule has 13 heavy (non-hydrogen) atoms. The van der Waals surface area contributed by atoms with E-state index in [1.54, 1.807) is 17.8 Å². The Morgan fingerprint density at radius 2 is 2.46 bits per heavy atom. The summed E-state index contributed by atoms with van der Waals surface area (Å²) < 4.78 is 5.08. The number of hydrogen-bond acceptors (Lipinski definition) is 3. The molecule has 0 aliphatic rings. The Hall–Kier alpha value is -0.900. The Morgan fingerprint density at radius 3 is 2.92 bits per heavy atom. The topological polar surface area (TPSA) is 50.4 Å². The van der Waals surface area contributed by atoms with Crippen molar-refractivity contribution in [3.8, 4) is 0 Å². The van der Waals surface area contributed by atoms with E-state index < -0.39 is 5.97 Å². The third-order valence-electron chi connectivity index (χ3n) is 1.71. The number of aromatic carboxylic acids is 1. The average Bonchev–Trinajstić information content (AvgIpc) is 2.52. The second kappa shape index (κ2) is 4.37. The maximum absolute atomic E-state index is 10.5. The lowest BCUT2D eigenvalue weighted by molar-refractivity contribution is 0.0696. The molecule has 0 bridgehead atoms. The molecule has 0 aliphatic heterocycles. The van der Waals surface area contributed by atoms with Crippen molar-refractivity contribution >= 4 is 17.7 Å².